The lowest BCUT2D eigenvalue weighted by Crippen LogP contribution is -2.42. The Morgan fingerprint density at radius 1 is 0.943 bits per heavy atom. The van der Waals surface area contributed by atoms with Crippen molar-refractivity contribution >= 4 is 23.4 Å². The molecule has 0 saturated carbocycles. The Bertz CT molecular complexity index is 1220. The number of ether oxygens (including phenoxy) is 2. The van der Waals surface area contributed by atoms with Gasteiger partial charge < -0.3 is 9.47 Å². The second-order valence-corrected chi connectivity index (χ2v) is 9.67. The fourth-order valence-electron chi connectivity index (χ4n) is 3.65. The lowest BCUT2D eigenvalue weighted by molar-refractivity contribution is -0.0707. The number of hydrogen-bond acceptors (Lipinski definition) is 4. The average molecular weight is 490 g/mol. The number of anilines is 1. The van der Waals surface area contributed by atoms with Crippen molar-refractivity contribution in [3.63, 3.8) is 0 Å². The van der Waals surface area contributed by atoms with Gasteiger partial charge in [-0.2, -0.15) is 0 Å². The zero-order valence-electron chi connectivity index (χ0n) is 19.9. The minimum atomic E-state index is -0.643. The van der Waals surface area contributed by atoms with E-state index in [0.29, 0.717) is 16.5 Å². The van der Waals surface area contributed by atoms with Gasteiger partial charge in [-0.1, -0.05) is 74.8 Å². The number of imidazole rings is 1. The molecular formula is C28H28ClN3O3. The Morgan fingerprint density at radius 2 is 1.60 bits per heavy atom. The number of aromatic nitrogens is 2. The Morgan fingerprint density at radius 3 is 2.20 bits per heavy atom. The maximum Gasteiger partial charge on any atom is 0.412 e. The standard InChI is InChI=1S/C28H28ClN3O3/c1-28(2,3)25(35-27(33)31-23-13-11-22(29)12-14-23)26(32-18-17-30-19-32)34-24-15-9-21(10-16-24)20-7-5-4-6-8-20/h4-19,25-26H,1-3H3,(H,31,33). The molecule has 0 fully saturated rings. The highest BCUT2D eigenvalue weighted by molar-refractivity contribution is 6.30. The number of nitrogens with one attached hydrogen (secondary N) is 1. The zero-order chi connectivity index (χ0) is 24.8. The normalized spacial score (nSPS) is 13.0. The van der Waals surface area contributed by atoms with Crippen LogP contribution >= 0.6 is 11.6 Å². The quantitative estimate of drug-likeness (QED) is 0.293. The second-order valence-electron chi connectivity index (χ2n) is 9.23. The first-order valence-corrected chi connectivity index (χ1v) is 11.7. The maximum atomic E-state index is 12.8. The Labute approximate surface area is 210 Å². The predicted octanol–water partition coefficient (Wildman–Crippen LogP) is 7.44. The predicted molar refractivity (Wildman–Crippen MR) is 139 cm³/mol. The molecule has 1 aromatic heterocycles. The number of amides is 1. The summed E-state index contributed by atoms with van der Waals surface area (Å²) in [5, 5.41) is 3.35. The van der Waals surface area contributed by atoms with Crippen molar-refractivity contribution in [1.82, 2.24) is 9.55 Å². The fourth-order valence-corrected chi connectivity index (χ4v) is 3.78. The van der Waals surface area contributed by atoms with Crippen LogP contribution in [0.3, 0.4) is 0 Å². The van der Waals surface area contributed by atoms with Crippen LogP contribution in [0.5, 0.6) is 5.75 Å². The molecule has 3 aromatic carbocycles. The Balaban J connectivity index is 1.56. The van der Waals surface area contributed by atoms with Gasteiger partial charge in [-0.05, 0) is 47.5 Å². The number of carbonyl (C=O) groups is 1. The number of carbonyl (C=O) groups excluding carboxylic acids is 1. The van der Waals surface area contributed by atoms with Gasteiger partial charge in [0.15, 0.2) is 6.10 Å². The van der Waals surface area contributed by atoms with Gasteiger partial charge in [0.2, 0.25) is 6.23 Å². The van der Waals surface area contributed by atoms with Crippen LogP contribution in [0, 0.1) is 5.41 Å². The monoisotopic (exact) mass is 489 g/mol. The first-order valence-electron chi connectivity index (χ1n) is 11.3. The first kappa shape index (κ1) is 24.4. The highest BCUT2D eigenvalue weighted by Crippen LogP contribution is 2.34. The molecule has 0 aliphatic carbocycles. The van der Waals surface area contributed by atoms with E-state index in [-0.39, 0.29) is 0 Å². The number of rotatable bonds is 7. The van der Waals surface area contributed by atoms with E-state index in [0.717, 1.165) is 11.1 Å². The van der Waals surface area contributed by atoms with Gasteiger partial charge in [-0.3, -0.25) is 9.88 Å². The molecule has 35 heavy (non-hydrogen) atoms. The van der Waals surface area contributed by atoms with Crippen molar-refractivity contribution in [2.75, 3.05) is 5.32 Å². The highest BCUT2D eigenvalue weighted by Gasteiger charge is 2.38. The number of benzene rings is 3. The molecule has 0 saturated heterocycles. The highest BCUT2D eigenvalue weighted by atomic mass is 35.5. The van der Waals surface area contributed by atoms with Crippen LogP contribution in [-0.2, 0) is 4.74 Å². The minimum Gasteiger partial charge on any atom is -0.466 e. The molecule has 1 N–H and O–H groups in total. The van der Waals surface area contributed by atoms with Gasteiger partial charge in [-0.25, -0.2) is 9.78 Å². The molecule has 1 heterocycles. The smallest absolute Gasteiger partial charge is 0.412 e. The van der Waals surface area contributed by atoms with Crippen LogP contribution in [0.4, 0.5) is 10.5 Å². The number of hydrogen-bond donors (Lipinski definition) is 1. The van der Waals surface area contributed by atoms with Crippen LogP contribution < -0.4 is 10.1 Å². The van der Waals surface area contributed by atoms with Crippen LogP contribution in [0.2, 0.25) is 5.02 Å². The lowest BCUT2D eigenvalue weighted by atomic mass is 9.87. The summed E-state index contributed by atoms with van der Waals surface area (Å²) in [5.74, 6) is 0.652. The van der Waals surface area contributed by atoms with Crippen LogP contribution in [-0.4, -0.2) is 21.7 Å². The van der Waals surface area contributed by atoms with Gasteiger partial charge in [0.1, 0.15) is 5.75 Å². The van der Waals surface area contributed by atoms with E-state index >= 15 is 0 Å². The van der Waals surface area contributed by atoms with Crippen LogP contribution in [0.1, 0.15) is 27.0 Å². The topological polar surface area (TPSA) is 65.4 Å². The first-order chi connectivity index (χ1) is 16.8. The Hall–Kier alpha value is -3.77. The van der Waals surface area contributed by atoms with E-state index in [1.54, 1.807) is 47.6 Å². The minimum absolute atomic E-state index is 0.448. The van der Waals surface area contributed by atoms with Gasteiger partial charge in [-0.15, -0.1) is 0 Å². The molecule has 7 heteroatoms. The van der Waals surface area contributed by atoms with E-state index in [4.69, 9.17) is 21.1 Å². The van der Waals surface area contributed by atoms with Gasteiger partial charge in [0.05, 0.1) is 6.33 Å². The van der Waals surface area contributed by atoms with Gasteiger partial charge in [0, 0.05) is 28.5 Å². The van der Waals surface area contributed by atoms with Crippen molar-refractivity contribution in [2.24, 2.45) is 5.41 Å². The summed E-state index contributed by atoms with van der Waals surface area (Å²) in [6, 6.07) is 24.8. The van der Waals surface area contributed by atoms with Crippen molar-refractivity contribution in [3.8, 4) is 16.9 Å². The molecule has 0 aliphatic rings. The Kier molecular flexibility index (Phi) is 7.42. The molecule has 1 amide bonds. The van der Waals surface area contributed by atoms with Crippen LogP contribution in [0.25, 0.3) is 11.1 Å². The molecule has 4 aromatic rings. The van der Waals surface area contributed by atoms with Crippen molar-refractivity contribution in [1.29, 1.82) is 0 Å². The van der Waals surface area contributed by atoms with E-state index in [1.165, 1.54) is 0 Å². The number of halogens is 1. The molecule has 0 aliphatic heterocycles. The summed E-state index contributed by atoms with van der Waals surface area (Å²) in [6.07, 6.45) is 3.25. The molecular weight excluding hydrogens is 462 g/mol. The van der Waals surface area contributed by atoms with Crippen molar-refractivity contribution < 1.29 is 14.3 Å². The molecule has 2 unspecified atom stereocenters. The average Bonchev–Trinajstić information content (AvgIpc) is 3.38. The molecule has 4 rings (SSSR count). The largest absolute Gasteiger partial charge is 0.466 e. The van der Waals surface area contributed by atoms with Crippen molar-refractivity contribution in [3.05, 3.63) is 103 Å². The van der Waals surface area contributed by atoms with E-state index < -0.39 is 23.8 Å². The summed E-state index contributed by atoms with van der Waals surface area (Å²) < 4.78 is 14.2. The third-order valence-corrected chi connectivity index (χ3v) is 5.73. The van der Waals surface area contributed by atoms with E-state index in [9.17, 15) is 4.79 Å². The molecule has 6 nitrogen and oxygen atoms in total. The fraction of sp³-hybridized carbons (Fsp3) is 0.214. The third-order valence-electron chi connectivity index (χ3n) is 5.47. The molecule has 0 spiro atoms. The molecule has 0 radical (unpaired) electrons. The summed E-state index contributed by atoms with van der Waals surface area (Å²) >= 11 is 5.94. The second kappa shape index (κ2) is 10.7. The third kappa shape index (κ3) is 6.43. The summed E-state index contributed by atoms with van der Waals surface area (Å²) in [6.45, 7) is 6.00. The summed E-state index contributed by atoms with van der Waals surface area (Å²) in [5.41, 5.74) is 2.35. The molecule has 0 bridgehead atoms. The zero-order valence-corrected chi connectivity index (χ0v) is 20.6. The molecule has 2 atom stereocenters. The summed E-state index contributed by atoms with van der Waals surface area (Å²) in [4.78, 5) is 17.0. The number of nitrogens with zero attached hydrogens (tertiary/aromatic N) is 2. The van der Waals surface area contributed by atoms with E-state index in [2.05, 4.69) is 22.4 Å². The molecule has 180 valence electrons. The van der Waals surface area contributed by atoms with Gasteiger partial charge in [0.25, 0.3) is 0 Å². The van der Waals surface area contributed by atoms with Crippen LogP contribution in [0.15, 0.2) is 97.6 Å². The SMILES string of the molecule is CC(C)(C)C(OC(=O)Nc1ccc(Cl)cc1)C(Oc1ccc(-c2ccccc2)cc1)n1ccnc1. The van der Waals surface area contributed by atoms with Gasteiger partial charge >= 0.3 is 6.09 Å². The maximum absolute atomic E-state index is 12.8. The lowest BCUT2D eigenvalue weighted by Gasteiger charge is -2.36. The van der Waals surface area contributed by atoms with E-state index in [1.807, 2.05) is 63.2 Å². The summed E-state index contributed by atoms with van der Waals surface area (Å²) in [7, 11) is 0. The van der Waals surface area contributed by atoms with Crippen molar-refractivity contribution in [2.45, 2.75) is 33.1 Å².